The fraction of sp³-hybridized carbons (Fsp3) is 0.600. The molecule has 1 aromatic carbocycles. The zero-order valence-corrected chi connectivity index (χ0v) is 12.8. The van der Waals surface area contributed by atoms with Crippen molar-refractivity contribution in [2.45, 2.75) is 37.2 Å². The predicted octanol–water partition coefficient (Wildman–Crippen LogP) is -1.16. The third kappa shape index (κ3) is 2.87. The summed E-state index contributed by atoms with van der Waals surface area (Å²) in [5.41, 5.74) is 6.56. The Balaban J connectivity index is 0.00000200. The van der Waals surface area contributed by atoms with Gasteiger partial charge in [-0.25, -0.2) is 0 Å². The lowest BCUT2D eigenvalue weighted by molar-refractivity contribution is -0.00000639. The maximum atomic E-state index is 10.4. The largest absolute Gasteiger partial charge is 1.00 e. The van der Waals surface area contributed by atoms with Crippen molar-refractivity contribution in [2.24, 2.45) is 5.73 Å². The van der Waals surface area contributed by atoms with Gasteiger partial charge in [-0.05, 0) is 30.5 Å². The lowest BCUT2D eigenvalue weighted by atomic mass is 9.74. The summed E-state index contributed by atoms with van der Waals surface area (Å²) < 4.78 is 10.6. The van der Waals surface area contributed by atoms with Crippen molar-refractivity contribution in [1.82, 2.24) is 0 Å². The predicted molar refractivity (Wildman–Crippen MR) is 74.8 cm³/mol. The Morgan fingerprint density at radius 3 is 2.30 bits per heavy atom. The summed E-state index contributed by atoms with van der Waals surface area (Å²) in [5, 5.41) is 10.4. The molecule has 0 bridgehead atoms. The van der Waals surface area contributed by atoms with Gasteiger partial charge in [-0.15, -0.1) is 0 Å². The molecule has 1 atom stereocenters. The highest BCUT2D eigenvalue weighted by molar-refractivity contribution is 5.46. The van der Waals surface area contributed by atoms with E-state index in [4.69, 9.17) is 15.2 Å². The summed E-state index contributed by atoms with van der Waals surface area (Å²) in [4.78, 5) is 0. The zero-order valence-electron chi connectivity index (χ0n) is 12.1. The van der Waals surface area contributed by atoms with Gasteiger partial charge in [0.15, 0.2) is 11.5 Å². The molecule has 114 valence electrons. The number of nitrogens with two attached hydrogens (primary N) is 1. The van der Waals surface area contributed by atoms with E-state index in [1.54, 1.807) is 14.2 Å². The van der Waals surface area contributed by atoms with Crippen LogP contribution in [0, 0.1) is 0 Å². The average molecular weight is 301 g/mol. The molecule has 1 aliphatic rings. The monoisotopic (exact) mass is 300 g/mol. The molecule has 5 heteroatoms. The number of hydrogen-bond acceptors (Lipinski definition) is 4. The highest BCUT2D eigenvalue weighted by Gasteiger charge is 2.41. The average Bonchev–Trinajstić information content (AvgIpc) is 2.96. The van der Waals surface area contributed by atoms with Crippen LogP contribution < -0.4 is 27.6 Å². The Bertz CT molecular complexity index is 433. The van der Waals surface area contributed by atoms with E-state index in [-0.39, 0.29) is 24.4 Å². The summed E-state index contributed by atoms with van der Waals surface area (Å²) in [7, 11) is 3.25. The van der Waals surface area contributed by atoms with Crippen LogP contribution in [0.15, 0.2) is 18.2 Å². The molecule has 1 unspecified atom stereocenters. The minimum atomic E-state index is -0.506. The Hall–Kier alpha value is -0.970. The van der Waals surface area contributed by atoms with Gasteiger partial charge in [-0.3, -0.25) is 0 Å². The van der Waals surface area contributed by atoms with Crippen LogP contribution in [0.3, 0.4) is 0 Å². The van der Waals surface area contributed by atoms with Crippen LogP contribution in [0.5, 0.6) is 11.5 Å². The number of methoxy groups -OCH3 is 2. The molecular formula is C15H23ClNO3-. The van der Waals surface area contributed by atoms with Crippen LogP contribution in [0.1, 0.15) is 31.2 Å². The quantitative estimate of drug-likeness (QED) is 0.720. The first-order chi connectivity index (χ1) is 9.17. The van der Waals surface area contributed by atoms with E-state index in [1.165, 1.54) is 0 Å². The molecule has 1 fully saturated rings. The summed E-state index contributed by atoms with van der Waals surface area (Å²) >= 11 is 0. The van der Waals surface area contributed by atoms with E-state index in [2.05, 4.69) is 0 Å². The Morgan fingerprint density at radius 2 is 1.80 bits per heavy atom. The molecule has 1 aromatic rings. The van der Waals surface area contributed by atoms with Crippen LogP contribution >= 0.6 is 0 Å². The minimum Gasteiger partial charge on any atom is -1.00 e. The molecule has 0 amide bonds. The maximum Gasteiger partial charge on any atom is 0.161 e. The fourth-order valence-electron chi connectivity index (χ4n) is 3.19. The fourth-order valence-corrected chi connectivity index (χ4v) is 3.19. The van der Waals surface area contributed by atoms with E-state index in [0.717, 1.165) is 31.2 Å². The van der Waals surface area contributed by atoms with Gasteiger partial charge in [-0.1, -0.05) is 18.9 Å². The first kappa shape index (κ1) is 17.1. The summed E-state index contributed by atoms with van der Waals surface area (Å²) in [5.74, 6) is 1.41. The third-order valence-electron chi connectivity index (χ3n) is 4.32. The number of aliphatic hydroxyl groups excluding tert-OH is 1. The van der Waals surface area contributed by atoms with Crippen LogP contribution in [0.4, 0.5) is 0 Å². The number of hydrogen-bond donors (Lipinski definition) is 2. The molecule has 2 rings (SSSR count). The van der Waals surface area contributed by atoms with Gasteiger partial charge in [-0.2, -0.15) is 0 Å². The number of ether oxygens (including phenoxy) is 2. The van der Waals surface area contributed by atoms with Crippen molar-refractivity contribution >= 4 is 0 Å². The minimum absolute atomic E-state index is 0. The van der Waals surface area contributed by atoms with E-state index in [1.807, 2.05) is 18.2 Å². The topological polar surface area (TPSA) is 64.7 Å². The number of halogens is 1. The van der Waals surface area contributed by atoms with Crippen LogP contribution in [0.25, 0.3) is 0 Å². The number of aliphatic hydroxyl groups is 1. The molecule has 0 radical (unpaired) electrons. The van der Waals surface area contributed by atoms with E-state index >= 15 is 0 Å². The van der Waals surface area contributed by atoms with Crippen molar-refractivity contribution in [3.63, 3.8) is 0 Å². The number of rotatable bonds is 5. The molecule has 1 saturated carbocycles. The Kier molecular flexibility index (Phi) is 6.11. The van der Waals surface area contributed by atoms with E-state index in [9.17, 15) is 5.11 Å². The molecule has 0 aromatic heterocycles. The highest BCUT2D eigenvalue weighted by Crippen LogP contribution is 2.45. The van der Waals surface area contributed by atoms with Gasteiger partial charge in [0.1, 0.15) is 0 Å². The second-order valence-electron chi connectivity index (χ2n) is 5.18. The molecule has 0 heterocycles. The van der Waals surface area contributed by atoms with E-state index < -0.39 is 6.10 Å². The second-order valence-corrected chi connectivity index (χ2v) is 5.18. The van der Waals surface area contributed by atoms with Gasteiger partial charge in [0.25, 0.3) is 0 Å². The summed E-state index contributed by atoms with van der Waals surface area (Å²) in [6.07, 6.45) is 3.70. The molecule has 20 heavy (non-hydrogen) atoms. The molecule has 4 nitrogen and oxygen atoms in total. The van der Waals surface area contributed by atoms with Gasteiger partial charge >= 0.3 is 0 Å². The highest BCUT2D eigenvalue weighted by atomic mass is 35.5. The van der Waals surface area contributed by atoms with Crippen molar-refractivity contribution in [3.8, 4) is 11.5 Å². The summed E-state index contributed by atoms with van der Waals surface area (Å²) in [6.45, 7) is 0.286. The van der Waals surface area contributed by atoms with Gasteiger partial charge in [0, 0.05) is 12.0 Å². The Morgan fingerprint density at radius 1 is 1.20 bits per heavy atom. The summed E-state index contributed by atoms with van der Waals surface area (Å²) in [6, 6.07) is 5.89. The standard InChI is InChI=1S/C15H23NO3.ClH/c1-18-12-6-5-11(9-13(12)19-2)15(14(17)10-16)7-3-4-8-15;/h5-6,9,14,17H,3-4,7-8,10,16H2,1-2H3;1H/p-1. The smallest absolute Gasteiger partial charge is 0.161 e. The zero-order chi connectivity index (χ0) is 13.9. The molecular weight excluding hydrogens is 278 g/mol. The first-order valence-corrected chi connectivity index (χ1v) is 6.78. The third-order valence-corrected chi connectivity index (χ3v) is 4.32. The van der Waals surface area contributed by atoms with Gasteiger partial charge < -0.3 is 32.7 Å². The van der Waals surface area contributed by atoms with Crippen LogP contribution in [-0.4, -0.2) is 32.0 Å². The molecule has 0 aliphatic heterocycles. The van der Waals surface area contributed by atoms with Crippen molar-refractivity contribution in [2.75, 3.05) is 20.8 Å². The molecule has 3 N–H and O–H groups in total. The first-order valence-electron chi connectivity index (χ1n) is 6.78. The van der Waals surface area contributed by atoms with Gasteiger partial charge in [0.2, 0.25) is 0 Å². The van der Waals surface area contributed by atoms with Crippen molar-refractivity contribution in [3.05, 3.63) is 23.8 Å². The van der Waals surface area contributed by atoms with Crippen molar-refractivity contribution in [1.29, 1.82) is 0 Å². The molecule has 1 aliphatic carbocycles. The normalized spacial score (nSPS) is 18.2. The molecule has 0 saturated heterocycles. The van der Waals surface area contributed by atoms with Crippen LogP contribution in [0.2, 0.25) is 0 Å². The van der Waals surface area contributed by atoms with Crippen molar-refractivity contribution < 1.29 is 27.0 Å². The SMILES string of the molecule is COc1ccc(C2(C(O)CN)CCCC2)cc1OC.[Cl-]. The lowest BCUT2D eigenvalue weighted by Crippen LogP contribution is -3.00. The molecule has 0 spiro atoms. The number of benzene rings is 1. The lowest BCUT2D eigenvalue weighted by Gasteiger charge is -2.34. The Labute approximate surface area is 126 Å². The maximum absolute atomic E-state index is 10.4. The van der Waals surface area contributed by atoms with E-state index in [0.29, 0.717) is 11.5 Å². The second kappa shape index (κ2) is 7.16. The van der Waals surface area contributed by atoms with Crippen LogP contribution in [-0.2, 0) is 5.41 Å². The van der Waals surface area contributed by atoms with Gasteiger partial charge in [0.05, 0.1) is 20.3 Å².